The predicted octanol–water partition coefficient (Wildman–Crippen LogP) is 3.38. The number of aryl methyl sites for hydroxylation is 1. The topological polar surface area (TPSA) is 62.1 Å². The van der Waals surface area contributed by atoms with Crippen molar-refractivity contribution in [3.8, 4) is 22.5 Å². The van der Waals surface area contributed by atoms with Gasteiger partial charge < -0.3 is 14.0 Å². The number of imidazole rings is 1. The summed E-state index contributed by atoms with van der Waals surface area (Å²) in [5.41, 5.74) is 3.98. The number of ether oxygens (including phenoxy) is 2. The van der Waals surface area contributed by atoms with Crippen molar-refractivity contribution in [3.63, 3.8) is 0 Å². The van der Waals surface area contributed by atoms with Gasteiger partial charge in [0, 0.05) is 29.9 Å². The molecular weight excluding hydrogens is 340 g/mol. The lowest BCUT2D eigenvalue weighted by atomic mass is 10.1. The van der Waals surface area contributed by atoms with Gasteiger partial charge in [-0.2, -0.15) is 0 Å². The summed E-state index contributed by atoms with van der Waals surface area (Å²) in [5, 5.41) is 0. The van der Waals surface area contributed by atoms with Gasteiger partial charge in [-0.25, -0.2) is 15.0 Å². The molecule has 1 unspecified atom stereocenters. The molecule has 2 aromatic heterocycles. The molecule has 0 saturated carbocycles. The molecule has 0 aliphatic carbocycles. The van der Waals surface area contributed by atoms with E-state index in [4.69, 9.17) is 14.5 Å². The lowest BCUT2D eigenvalue weighted by Crippen LogP contribution is -2.32. The Balaban J connectivity index is 1.72. The van der Waals surface area contributed by atoms with Crippen molar-refractivity contribution in [2.45, 2.75) is 32.4 Å². The summed E-state index contributed by atoms with van der Waals surface area (Å²) >= 11 is 0. The van der Waals surface area contributed by atoms with Gasteiger partial charge in [-0.1, -0.05) is 37.3 Å². The maximum Gasteiger partial charge on any atom is 0.128 e. The number of hydrogen-bond donors (Lipinski definition) is 0. The quantitative estimate of drug-likeness (QED) is 0.671. The third-order valence-corrected chi connectivity index (χ3v) is 4.62. The average molecular weight is 364 g/mol. The van der Waals surface area contributed by atoms with Crippen molar-refractivity contribution in [2.24, 2.45) is 0 Å². The van der Waals surface area contributed by atoms with Crippen LogP contribution in [0.3, 0.4) is 0 Å². The van der Waals surface area contributed by atoms with Gasteiger partial charge in [0.15, 0.2) is 0 Å². The number of aromatic nitrogens is 4. The minimum Gasteiger partial charge on any atom is -0.376 e. The Morgan fingerprint density at radius 1 is 1.04 bits per heavy atom. The van der Waals surface area contributed by atoms with Crippen LogP contribution in [0.25, 0.3) is 22.5 Å². The number of nitrogens with zero attached hydrogens (tertiary/aromatic N) is 4. The van der Waals surface area contributed by atoms with Crippen molar-refractivity contribution >= 4 is 0 Å². The molecule has 1 saturated heterocycles. The van der Waals surface area contributed by atoms with E-state index >= 15 is 0 Å². The van der Waals surface area contributed by atoms with Crippen LogP contribution in [0.15, 0.2) is 49.1 Å². The molecule has 1 aliphatic rings. The first-order chi connectivity index (χ1) is 13.3. The zero-order valence-electron chi connectivity index (χ0n) is 15.5. The fourth-order valence-electron chi connectivity index (χ4n) is 3.32. The Bertz CT molecular complexity index is 856. The molecule has 3 heterocycles. The zero-order chi connectivity index (χ0) is 18.5. The van der Waals surface area contributed by atoms with Gasteiger partial charge in [0.05, 0.1) is 50.2 Å². The average Bonchev–Trinajstić information content (AvgIpc) is 3.14. The van der Waals surface area contributed by atoms with Crippen LogP contribution in [0.5, 0.6) is 0 Å². The van der Waals surface area contributed by atoms with Crippen LogP contribution in [0.4, 0.5) is 0 Å². The van der Waals surface area contributed by atoms with Gasteiger partial charge in [0.25, 0.3) is 0 Å². The van der Waals surface area contributed by atoms with Crippen molar-refractivity contribution in [1.82, 2.24) is 19.5 Å². The normalized spacial score (nSPS) is 17.1. The second kappa shape index (κ2) is 8.41. The van der Waals surface area contributed by atoms with Gasteiger partial charge in [-0.15, -0.1) is 0 Å². The summed E-state index contributed by atoms with van der Waals surface area (Å²) in [6.45, 7) is 4.71. The van der Waals surface area contributed by atoms with Crippen LogP contribution < -0.4 is 0 Å². The molecule has 0 N–H and O–H groups in total. The van der Waals surface area contributed by atoms with Crippen molar-refractivity contribution in [3.05, 3.63) is 54.9 Å². The fourth-order valence-corrected chi connectivity index (χ4v) is 3.32. The molecule has 1 aromatic carbocycles. The van der Waals surface area contributed by atoms with Gasteiger partial charge in [-0.05, 0) is 6.42 Å². The first kappa shape index (κ1) is 17.8. The lowest BCUT2D eigenvalue weighted by Gasteiger charge is -2.24. The molecule has 0 amide bonds. The first-order valence-electron chi connectivity index (χ1n) is 9.46. The Kier molecular flexibility index (Phi) is 5.55. The zero-order valence-corrected chi connectivity index (χ0v) is 15.5. The molecule has 4 rings (SSSR count). The van der Waals surface area contributed by atoms with E-state index in [1.165, 1.54) is 0 Å². The van der Waals surface area contributed by atoms with Gasteiger partial charge in [0.1, 0.15) is 5.82 Å². The second-order valence-electron chi connectivity index (χ2n) is 6.67. The first-order valence-corrected chi connectivity index (χ1v) is 9.46. The minimum absolute atomic E-state index is 0.0237. The predicted molar refractivity (Wildman–Crippen MR) is 103 cm³/mol. The maximum atomic E-state index is 5.83. The molecule has 1 fully saturated rings. The minimum atomic E-state index is 0.0237. The number of hydrogen-bond acceptors (Lipinski definition) is 5. The molecule has 0 radical (unpaired) electrons. The Labute approximate surface area is 159 Å². The summed E-state index contributed by atoms with van der Waals surface area (Å²) in [4.78, 5) is 13.8. The highest BCUT2D eigenvalue weighted by molar-refractivity contribution is 5.77. The Morgan fingerprint density at radius 3 is 2.56 bits per heavy atom. The van der Waals surface area contributed by atoms with E-state index < -0.39 is 0 Å². The van der Waals surface area contributed by atoms with Gasteiger partial charge in [-0.3, -0.25) is 0 Å². The fraction of sp³-hybridized carbons (Fsp3) is 0.381. The summed E-state index contributed by atoms with van der Waals surface area (Å²) in [5.74, 6) is 0.873. The Hall–Kier alpha value is -2.57. The summed E-state index contributed by atoms with van der Waals surface area (Å²) in [6.07, 6.45) is 7.61. The largest absolute Gasteiger partial charge is 0.376 e. The third kappa shape index (κ3) is 4.07. The van der Waals surface area contributed by atoms with E-state index in [1.54, 1.807) is 0 Å². The lowest BCUT2D eigenvalue weighted by molar-refractivity contribution is -0.0934. The highest BCUT2D eigenvalue weighted by Gasteiger charge is 2.20. The van der Waals surface area contributed by atoms with E-state index in [1.807, 2.05) is 36.9 Å². The van der Waals surface area contributed by atoms with Crippen LogP contribution in [0.1, 0.15) is 19.2 Å². The van der Waals surface area contributed by atoms with Crippen LogP contribution in [-0.4, -0.2) is 45.4 Å². The van der Waals surface area contributed by atoms with E-state index in [9.17, 15) is 0 Å². The van der Waals surface area contributed by atoms with Crippen LogP contribution in [0.2, 0.25) is 0 Å². The second-order valence-corrected chi connectivity index (χ2v) is 6.67. The molecule has 27 heavy (non-hydrogen) atoms. The monoisotopic (exact) mass is 364 g/mol. The van der Waals surface area contributed by atoms with Crippen LogP contribution >= 0.6 is 0 Å². The summed E-state index contributed by atoms with van der Waals surface area (Å²) in [6, 6.07) is 10.2. The molecule has 6 heteroatoms. The molecule has 0 bridgehead atoms. The third-order valence-electron chi connectivity index (χ3n) is 4.62. The molecule has 0 spiro atoms. The van der Waals surface area contributed by atoms with E-state index in [2.05, 4.69) is 33.6 Å². The standard InChI is InChI=1S/C21H24N4O2/c1-2-6-19-22-11-17(12-23-19)21-20(16-7-4-3-5-8-16)24-15-25(21)13-18-14-26-9-10-27-18/h3-5,7-8,11-12,15,18H,2,6,9-10,13-14H2,1H3. The summed E-state index contributed by atoms with van der Waals surface area (Å²) < 4.78 is 13.5. The van der Waals surface area contributed by atoms with Crippen LogP contribution in [0, 0.1) is 0 Å². The molecular formula is C21H24N4O2. The van der Waals surface area contributed by atoms with Gasteiger partial charge >= 0.3 is 0 Å². The van der Waals surface area contributed by atoms with Crippen molar-refractivity contribution in [2.75, 3.05) is 19.8 Å². The number of rotatable bonds is 6. The van der Waals surface area contributed by atoms with E-state index in [0.29, 0.717) is 26.4 Å². The molecule has 140 valence electrons. The molecule has 1 atom stereocenters. The Morgan fingerprint density at radius 2 is 1.85 bits per heavy atom. The summed E-state index contributed by atoms with van der Waals surface area (Å²) in [7, 11) is 0. The molecule has 1 aliphatic heterocycles. The van der Waals surface area contributed by atoms with Crippen molar-refractivity contribution < 1.29 is 9.47 Å². The smallest absolute Gasteiger partial charge is 0.128 e. The van der Waals surface area contributed by atoms with E-state index in [0.717, 1.165) is 41.2 Å². The van der Waals surface area contributed by atoms with Crippen LogP contribution in [-0.2, 0) is 22.4 Å². The molecule has 3 aromatic rings. The number of benzene rings is 1. The molecule has 6 nitrogen and oxygen atoms in total. The highest BCUT2D eigenvalue weighted by atomic mass is 16.6. The van der Waals surface area contributed by atoms with Gasteiger partial charge in [0.2, 0.25) is 0 Å². The maximum absolute atomic E-state index is 5.83. The highest BCUT2D eigenvalue weighted by Crippen LogP contribution is 2.31. The van der Waals surface area contributed by atoms with Crippen molar-refractivity contribution in [1.29, 1.82) is 0 Å². The van der Waals surface area contributed by atoms with E-state index in [-0.39, 0.29) is 6.10 Å². The SMILES string of the molecule is CCCc1ncc(-c2c(-c3ccccc3)ncn2CC2COCCO2)cn1.